The van der Waals surface area contributed by atoms with E-state index in [9.17, 15) is 9.90 Å². The minimum absolute atomic E-state index is 0.0989. The molecule has 1 fully saturated rings. The number of piperazine rings is 1. The molecule has 0 radical (unpaired) electrons. The smallest absolute Gasteiger partial charge is 0.404 e. The lowest BCUT2D eigenvalue weighted by Gasteiger charge is -2.33. The normalized spacial score (nSPS) is 21.2. The molecule has 1 aliphatic heterocycles. The molecule has 1 saturated heterocycles. The Morgan fingerprint density at radius 2 is 2.00 bits per heavy atom. The molecule has 1 heterocycles. The Bertz CT molecular complexity index is 205. The Morgan fingerprint density at radius 3 is 2.53 bits per heavy atom. The molecule has 1 amide bonds. The van der Waals surface area contributed by atoms with Crippen LogP contribution in [0.1, 0.15) is 0 Å². The van der Waals surface area contributed by atoms with Gasteiger partial charge in [-0.05, 0) is 7.05 Å². The van der Waals surface area contributed by atoms with Gasteiger partial charge in [-0.1, -0.05) is 0 Å². The Hall–Kier alpha value is -0.850. The fourth-order valence-corrected chi connectivity index (χ4v) is 1.60. The number of hydrogen-bond donors (Lipinski definition) is 3. The van der Waals surface area contributed by atoms with E-state index in [1.807, 2.05) is 0 Å². The summed E-state index contributed by atoms with van der Waals surface area (Å²) in [5.74, 6) is 0. The summed E-state index contributed by atoms with van der Waals surface area (Å²) in [7, 11) is 2.07. The van der Waals surface area contributed by atoms with Crippen molar-refractivity contribution in [2.24, 2.45) is 0 Å². The monoisotopic (exact) mass is 217 g/mol. The minimum atomic E-state index is -1.09. The zero-order valence-electron chi connectivity index (χ0n) is 9.02. The van der Waals surface area contributed by atoms with Crippen LogP contribution in [0.15, 0.2) is 0 Å². The molecule has 6 heteroatoms. The zero-order chi connectivity index (χ0) is 11.3. The molecule has 0 aromatic heterocycles. The number of β-amino-alcohol motifs (C(OH)–C–C–N with tert-alkyl or cyclic N) is 1. The SMILES string of the molecule is CN1CCN(CC(O)CNC(=O)O)CC1. The fraction of sp³-hybridized carbons (Fsp3) is 0.889. The van der Waals surface area contributed by atoms with Crippen LogP contribution in [0.25, 0.3) is 0 Å². The number of hydrogen-bond acceptors (Lipinski definition) is 4. The first-order valence-electron chi connectivity index (χ1n) is 5.13. The predicted molar refractivity (Wildman–Crippen MR) is 56.0 cm³/mol. The van der Waals surface area contributed by atoms with Crippen molar-refractivity contribution in [3.8, 4) is 0 Å². The largest absolute Gasteiger partial charge is 0.465 e. The lowest BCUT2D eigenvalue weighted by Crippen LogP contribution is -2.48. The molecule has 0 spiro atoms. The molecule has 3 N–H and O–H groups in total. The van der Waals surface area contributed by atoms with Gasteiger partial charge >= 0.3 is 6.09 Å². The number of carbonyl (C=O) groups is 1. The lowest BCUT2D eigenvalue weighted by molar-refractivity contribution is 0.0796. The van der Waals surface area contributed by atoms with Gasteiger partial charge in [0, 0.05) is 39.3 Å². The molecule has 1 rings (SSSR count). The zero-order valence-corrected chi connectivity index (χ0v) is 9.02. The van der Waals surface area contributed by atoms with E-state index in [-0.39, 0.29) is 6.54 Å². The first-order chi connectivity index (χ1) is 7.08. The van der Waals surface area contributed by atoms with Crippen LogP contribution in [-0.2, 0) is 0 Å². The predicted octanol–water partition coefficient (Wildman–Crippen LogP) is -1.14. The summed E-state index contributed by atoms with van der Waals surface area (Å²) >= 11 is 0. The summed E-state index contributed by atoms with van der Waals surface area (Å²) in [5, 5.41) is 20.1. The van der Waals surface area contributed by atoms with Gasteiger partial charge in [-0.2, -0.15) is 0 Å². The number of rotatable bonds is 4. The highest BCUT2D eigenvalue weighted by Gasteiger charge is 2.16. The highest BCUT2D eigenvalue weighted by molar-refractivity contribution is 5.64. The van der Waals surface area contributed by atoms with E-state index in [2.05, 4.69) is 22.2 Å². The summed E-state index contributed by atoms with van der Waals surface area (Å²) in [6.45, 7) is 4.50. The summed E-state index contributed by atoms with van der Waals surface area (Å²) < 4.78 is 0. The third kappa shape index (κ3) is 4.96. The average Bonchev–Trinajstić information content (AvgIpc) is 2.19. The van der Waals surface area contributed by atoms with Gasteiger partial charge in [0.25, 0.3) is 0 Å². The Labute approximate surface area is 89.5 Å². The summed E-state index contributed by atoms with van der Waals surface area (Å²) in [6, 6.07) is 0. The minimum Gasteiger partial charge on any atom is -0.465 e. The van der Waals surface area contributed by atoms with Crippen molar-refractivity contribution >= 4 is 6.09 Å². The van der Waals surface area contributed by atoms with Crippen LogP contribution in [0, 0.1) is 0 Å². The number of nitrogens with zero attached hydrogens (tertiary/aromatic N) is 2. The third-order valence-electron chi connectivity index (χ3n) is 2.55. The van der Waals surface area contributed by atoms with Gasteiger partial charge in [0.15, 0.2) is 0 Å². The Morgan fingerprint density at radius 1 is 1.40 bits per heavy atom. The highest BCUT2D eigenvalue weighted by atomic mass is 16.4. The first-order valence-corrected chi connectivity index (χ1v) is 5.13. The number of aliphatic hydroxyl groups excluding tert-OH is 1. The number of likely N-dealkylation sites (N-methyl/N-ethyl adjacent to an activating group) is 1. The molecule has 0 bridgehead atoms. The van der Waals surface area contributed by atoms with Gasteiger partial charge in [-0.25, -0.2) is 4.79 Å². The van der Waals surface area contributed by atoms with Crippen molar-refractivity contribution in [3.63, 3.8) is 0 Å². The molecule has 1 atom stereocenters. The molecular formula is C9H19N3O3. The van der Waals surface area contributed by atoms with E-state index in [0.717, 1.165) is 26.2 Å². The molecule has 6 nitrogen and oxygen atoms in total. The van der Waals surface area contributed by atoms with Crippen molar-refractivity contribution in [2.75, 3.05) is 46.3 Å². The number of amides is 1. The number of nitrogens with one attached hydrogen (secondary N) is 1. The molecule has 0 aliphatic carbocycles. The van der Waals surface area contributed by atoms with Gasteiger partial charge in [0.05, 0.1) is 6.10 Å². The van der Waals surface area contributed by atoms with Crippen LogP contribution in [0.5, 0.6) is 0 Å². The third-order valence-corrected chi connectivity index (χ3v) is 2.55. The molecule has 1 aliphatic rings. The number of aliphatic hydroxyl groups is 1. The van der Waals surface area contributed by atoms with Crippen molar-refractivity contribution in [1.29, 1.82) is 0 Å². The second kappa shape index (κ2) is 5.89. The van der Waals surface area contributed by atoms with Gasteiger partial charge in [-0.15, -0.1) is 0 Å². The van der Waals surface area contributed by atoms with E-state index in [1.165, 1.54) is 0 Å². The van der Waals surface area contributed by atoms with Crippen LogP contribution >= 0.6 is 0 Å². The van der Waals surface area contributed by atoms with E-state index in [4.69, 9.17) is 5.11 Å². The molecule has 15 heavy (non-hydrogen) atoms. The van der Waals surface area contributed by atoms with E-state index >= 15 is 0 Å². The Balaban J connectivity index is 2.14. The van der Waals surface area contributed by atoms with E-state index in [0.29, 0.717) is 6.54 Å². The maximum absolute atomic E-state index is 10.2. The maximum Gasteiger partial charge on any atom is 0.404 e. The molecule has 0 aromatic carbocycles. The molecule has 1 unspecified atom stereocenters. The molecule has 0 aromatic rings. The van der Waals surface area contributed by atoms with Gasteiger partial charge < -0.3 is 20.4 Å². The molecule has 88 valence electrons. The van der Waals surface area contributed by atoms with Crippen molar-refractivity contribution in [1.82, 2.24) is 15.1 Å². The summed E-state index contributed by atoms with van der Waals surface area (Å²) in [6.07, 6.45) is -1.71. The fourth-order valence-electron chi connectivity index (χ4n) is 1.60. The highest BCUT2D eigenvalue weighted by Crippen LogP contribution is 1.99. The van der Waals surface area contributed by atoms with Gasteiger partial charge in [0.1, 0.15) is 0 Å². The van der Waals surface area contributed by atoms with Crippen LogP contribution in [0.2, 0.25) is 0 Å². The summed E-state index contributed by atoms with van der Waals surface area (Å²) in [5.41, 5.74) is 0. The van der Waals surface area contributed by atoms with Crippen LogP contribution in [0.4, 0.5) is 4.79 Å². The van der Waals surface area contributed by atoms with E-state index in [1.54, 1.807) is 0 Å². The van der Waals surface area contributed by atoms with Crippen LogP contribution in [0.3, 0.4) is 0 Å². The molecule has 0 saturated carbocycles. The second-order valence-corrected chi connectivity index (χ2v) is 3.94. The second-order valence-electron chi connectivity index (χ2n) is 3.94. The van der Waals surface area contributed by atoms with Gasteiger partial charge in [0.2, 0.25) is 0 Å². The first kappa shape index (κ1) is 12.2. The maximum atomic E-state index is 10.2. The van der Waals surface area contributed by atoms with Crippen molar-refractivity contribution in [3.05, 3.63) is 0 Å². The summed E-state index contributed by atoms with van der Waals surface area (Å²) in [4.78, 5) is 14.6. The average molecular weight is 217 g/mol. The van der Waals surface area contributed by atoms with Gasteiger partial charge in [-0.3, -0.25) is 4.90 Å². The lowest BCUT2D eigenvalue weighted by atomic mass is 10.2. The van der Waals surface area contributed by atoms with E-state index < -0.39 is 12.2 Å². The molecular weight excluding hydrogens is 198 g/mol. The van der Waals surface area contributed by atoms with Crippen LogP contribution in [-0.4, -0.2) is 78.5 Å². The van der Waals surface area contributed by atoms with Crippen molar-refractivity contribution < 1.29 is 15.0 Å². The van der Waals surface area contributed by atoms with Crippen LogP contribution < -0.4 is 5.32 Å². The van der Waals surface area contributed by atoms with Crippen molar-refractivity contribution in [2.45, 2.75) is 6.10 Å². The standard InChI is InChI=1S/C9H19N3O3/c1-11-2-4-12(5-3-11)7-8(13)6-10-9(14)15/h8,10,13H,2-7H2,1H3,(H,14,15). The number of carboxylic acid groups (broad SMARTS) is 1. The Kier molecular flexibility index (Phi) is 4.80. The quantitative estimate of drug-likeness (QED) is 0.555. The topological polar surface area (TPSA) is 76.0 Å².